The van der Waals surface area contributed by atoms with Gasteiger partial charge in [-0.05, 0) is 52.3 Å². The highest BCUT2D eigenvalue weighted by atomic mass is 16.1. The lowest BCUT2D eigenvalue weighted by atomic mass is 10.1. The molecule has 0 aliphatic heterocycles. The molecule has 0 atom stereocenters. The monoisotopic (exact) mass is 355 g/mol. The van der Waals surface area contributed by atoms with Gasteiger partial charge in [0.25, 0.3) is 11.5 Å². The molecular weight excluding hydrogens is 330 g/mol. The van der Waals surface area contributed by atoms with E-state index in [-0.39, 0.29) is 24.1 Å². The van der Waals surface area contributed by atoms with Gasteiger partial charge in [0.2, 0.25) is 0 Å². The second kappa shape index (κ2) is 7.95. The molecule has 7 nitrogen and oxygen atoms in total. The standard InChI is InChI=1S/C19H25N5O2/c1-10(2)22-17-15(8-20)14(7-13(5)23-17)18(25)21-9-16-11(3)6-12(4)24-19(16)26/h6-8,10,20H,9H2,1-5H3,(H,21,25)(H,22,23)(H,24,26). The van der Waals surface area contributed by atoms with Gasteiger partial charge in [-0.1, -0.05) is 0 Å². The van der Waals surface area contributed by atoms with E-state index in [4.69, 9.17) is 5.41 Å². The van der Waals surface area contributed by atoms with Crippen molar-refractivity contribution in [3.05, 3.63) is 56.1 Å². The Morgan fingerprint density at radius 1 is 1.31 bits per heavy atom. The number of anilines is 1. The van der Waals surface area contributed by atoms with Crippen molar-refractivity contribution in [3.8, 4) is 0 Å². The second-order valence-electron chi connectivity index (χ2n) is 6.64. The summed E-state index contributed by atoms with van der Waals surface area (Å²) in [4.78, 5) is 31.9. The average Bonchev–Trinajstić information content (AvgIpc) is 2.52. The first-order chi connectivity index (χ1) is 12.2. The largest absolute Gasteiger partial charge is 0.367 e. The highest BCUT2D eigenvalue weighted by Crippen LogP contribution is 2.18. The summed E-state index contributed by atoms with van der Waals surface area (Å²) in [5, 5.41) is 13.6. The number of amides is 1. The Hall–Kier alpha value is -2.96. The summed E-state index contributed by atoms with van der Waals surface area (Å²) in [5.74, 6) is 0.157. The van der Waals surface area contributed by atoms with Crippen LogP contribution in [-0.4, -0.2) is 28.1 Å². The molecular formula is C19H25N5O2. The zero-order valence-electron chi connectivity index (χ0n) is 15.8. The topological polar surface area (TPSA) is 111 Å². The molecule has 0 aliphatic rings. The number of nitrogens with zero attached hydrogens (tertiary/aromatic N) is 1. The summed E-state index contributed by atoms with van der Waals surface area (Å²) in [6.45, 7) is 9.49. The van der Waals surface area contributed by atoms with Crippen molar-refractivity contribution in [1.29, 1.82) is 5.41 Å². The SMILES string of the molecule is Cc1cc(C(=O)NCc2c(C)cc(C)[nH]c2=O)c(C=N)c(NC(C)C)n1. The normalized spacial score (nSPS) is 10.7. The number of hydrogen-bond donors (Lipinski definition) is 4. The fourth-order valence-corrected chi connectivity index (χ4v) is 2.77. The van der Waals surface area contributed by atoms with Gasteiger partial charge in [0, 0.05) is 41.3 Å². The van der Waals surface area contributed by atoms with Crippen LogP contribution in [0.5, 0.6) is 0 Å². The summed E-state index contributed by atoms with van der Waals surface area (Å²) in [6.07, 6.45) is 1.12. The molecule has 0 fully saturated rings. The number of carbonyl (C=O) groups excluding carboxylic acids is 1. The van der Waals surface area contributed by atoms with E-state index in [1.807, 2.05) is 33.8 Å². The maximum absolute atomic E-state index is 12.7. The summed E-state index contributed by atoms with van der Waals surface area (Å²) in [5.41, 5.74) is 3.38. The van der Waals surface area contributed by atoms with Crippen LogP contribution in [0.25, 0.3) is 0 Å². The fraction of sp³-hybridized carbons (Fsp3) is 0.368. The van der Waals surface area contributed by atoms with Crippen LogP contribution < -0.4 is 16.2 Å². The van der Waals surface area contributed by atoms with Gasteiger partial charge in [-0.3, -0.25) is 9.59 Å². The summed E-state index contributed by atoms with van der Waals surface area (Å²) < 4.78 is 0. The molecule has 0 unspecified atom stereocenters. The van der Waals surface area contributed by atoms with Crippen LogP contribution in [0.4, 0.5) is 5.82 Å². The predicted molar refractivity (Wildman–Crippen MR) is 103 cm³/mol. The van der Waals surface area contributed by atoms with E-state index in [2.05, 4.69) is 20.6 Å². The molecule has 0 saturated heterocycles. The lowest BCUT2D eigenvalue weighted by Gasteiger charge is -2.16. The van der Waals surface area contributed by atoms with E-state index in [0.29, 0.717) is 28.2 Å². The van der Waals surface area contributed by atoms with Gasteiger partial charge in [-0.25, -0.2) is 4.98 Å². The summed E-state index contributed by atoms with van der Waals surface area (Å²) >= 11 is 0. The third-order valence-electron chi connectivity index (χ3n) is 3.92. The molecule has 1 amide bonds. The number of aromatic amines is 1. The fourth-order valence-electron chi connectivity index (χ4n) is 2.77. The first-order valence-corrected chi connectivity index (χ1v) is 8.49. The Morgan fingerprint density at radius 2 is 2.00 bits per heavy atom. The summed E-state index contributed by atoms with van der Waals surface area (Å²) in [6, 6.07) is 3.63. The Bertz CT molecular complexity index is 900. The number of pyridine rings is 2. The zero-order valence-corrected chi connectivity index (χ0v) is 15.8. The number of hydrogen-bond acceptors (Lipinski definition) is 5. The zero-order chi connectivity index (χ0) is 19.4. The Labute approximate surface area is 152 Å². The highest BCUT2D eigenvalue weighted by molar-refractivity contribution is 6.04. The molecule has 0 radical (unpaired) electrons. The Kier molecular flexibility index (Phi) is 5.92. The van der Waals surface area contributed by atoms with E-state index in [0.717, 1.165) is 17.5 Å². The van der Waals surface area contributed by atoms with Crippen molar-refractivity contribution < 1.29 is 4.79 Å². The van der Waals surface area contributed by atoms with Crippen LogP contribution in [-0.2, 0) is 6.54 Å². The van der Waals surface area contributed by atoms with E-state index in [1.165, 1.54) is 0 Å². The lowest BCUT2D eigenvalue weighted by molar-refractivity contribution is 0.0950. The van der Waals surface area contributed by atoms with Crippen molar-refractivity contribution in [2.24, 2.45) is 0 Å². The minimum absolute atomic E-state index is 0.117. The van der Waals surface area contributed by atoms with Gasteiger partial charge >= 0.3 is 0 Å². The van der Waals surface area contributed by atoms with E-state index < -0.39 is 0 Å². The molecule has 2 aromatic heterocycles. The van der Waals surface area contributed by atoms with Crippen molar-refractivity contribution in [2.75, 3.05) is 5.32 Å². The third kappa shape index (κ3) is 4.36. The van der Waals surface area contributed by atoms with E-state index >= 15 is 0 Å². The van der Waals surface area contributed by atoms with Crippen LogP contribution >= 0.6 is 0 Å². The Balaban J connectivity index is 2.31. The van der Waals surface area contributed by atoms with Gasteiger partial charge in [-0.2, -0.15) is 0 Å². The average molecular weight is 355 g/mol. The maximum Gasteiger partial charge on any atom is 0.253 e. The molecule has 0 saturated carbocycles. The maximum atomic E-state index is 12.7. The molecule has 2 heterocycles. The summed E-state index contributed by atoms with van der Waals surface area (Å²) in [7, 11) is 0. The van der Waals surface area contributed by atoms with Gasteiger partial charge in [0.15, 0.2) is 0 Å². The molecule has 0 aromatic carbocycles. The molecule has 2 rings (SSSR count). The molecule has 0 aliphatic carbocycles. The molecule has 138 valence electrons. The van der Waals surface area contributed by atoms with Crippen molar-refractivity contribution in [3.63, 3.8) is 0 Å². The smallest absolute Gasteiger partial charge is 0.253 e. The number of carbonyl (C=O) groups is 1. The molecule has 0 spiro atoms. The number of aromatic nitrogens is 2. The van der Waals surface area contributed by atoms with Crippen LogP contribution in [0.15, 0.2) is 16.9 Å². The van der Waals surface area contributed by atoms with E-state index in [9.17, 15) is 9.59 Å². The van der Waals surface area contributed by atoms with Gasteiger partial charge < -0.3 is 21.0 Å². The number of H-pyrrole nitrogens is 1. The van der Waals surface area contributed by atoms with Crippen LogP contribution in [0.1, 0.15) is 52.3 Å². The first kappa shape index (κ1) is 19.4. The number of rotatable bonds is 6. The molecule has 26 heavy (non-hydrogen) atoms. The second-order valence-corrected chi connectivity index (χ2v) is 6.64. The first-order valence-electron chi connectivity index (χ1n) is 8.49. The third-order valence-corrected chi connectivity index (χ3v) is 3.92. The highest BCUT2D eigenvalue weighted by Gasteiger charge is 2.17. The molecule has 7 heteroatoms. The van der Waals surface area contributed by atoms with Crippen LogP contribution in [0.2, 0.25) is 0 Å². The number of nitrogens with one attached hydrogen (secondary N) is 4. The molecule has 0 bridgehead atoms. The minimum Gasteiger partial charge on any atom is -0.367 e. The molecule has 4 N–H and O–H groups in total. The lowest BCUT2D eigenvalue weighted by Crippen LogP contribution is -2.29. The van der Waals surface area contributed by atoms with Gasteiger partial charge in [-0.15, -0.1) is 0 Å². The van der Waals surface area contributed by atoms with E-state index in [1.54, 1.807) is 13.0 Å². The number of aryl methyl sites for hydroxylation is 3. The van der Waals surface area contributed by atoms with Crippen molar-refractivity contribution in [2.45, 2.75) is 47.2 Å². The quantitative estimate of drug-likeness (QED) is 0.596. The minimum atomic E-state index is -0.347. The predicted octanol–water partition coefficient (Wildman–Crippen LogP) is 2.44. The van der Waals surface area contributed by atoms with Crippen molar-refractivity contribution in [1.82, 2.24) is 15.3 Å². The van der Waals surface area contributed by atoms with Crippen molar-refractivity contribution >= 4 is 17.9 Å². The van der Waals surface area contributed by atoms with Crippen LogP contribution in [0.3, 0.4) is 0 Å². The van der Waals surface area contributed by atoms with Gasteiger partial charge in [0.05, 0.1) is 5.56 Å². The Morgan fingerprint density at radius 3 is 2.58 bits per heavy atom. The molecule has 2 aromatic rings. The van der Waals surface area contributed by atoms with Gasteiger partial charge in [0.1, 0.15) is 5.82 Å². The van der Waals surface area contributed by atoms with Crippen LogP contribution in [0, 0.1) is 26.2 Å².